The number of para-hydroxylation sites is 4. The summed E-state index contributed by atoms with van der Waals surface area (Å²) in [7, 11) is 0. The van der Waals surface area contributed by atoms with E-state index in [1.807, 2.05) is 24.3 Å². The maximum absolute atomic E-state index is 12.9. The number of nitrogens with zero attached hydrogens (tertiary/aromatic N) is 4. The van der Waals surface area contributed by atoms with Gasteiger partial charge in [0.1, 0.15) is 11.2 Å². The third-order valence-electron chi connectivity index (χ3n) is 5.31. The number of fused-ring (bicyclic) bond motifs is 1. The van der Waals surface area contributed by atoms with Gasteiger partial charge < -0.3 is 9.73 Å². The zero-order chi connectivity index (χ0) is 24.5. The Morgan fingerprint density at radius 1 is 1.03 bits per heavy atom. The molecular weight excluding hydrogens is 450 g/mol. The summed E-state index contributed by atoms with van der Waals surface area (Å²) >= 11 is 0. The van der Waals surface area contributed by atoms with E-state index >= 15 is 0 Å². The van der Waals surface area contributed by atoms with Crippen molar-refractivity contribution in [2.24, 2.45) is 0 Å². The van der Waals surface area contributed by atoms with Crippen molar-refractivity contribution >= 4 is 28.4 Å². The molecule has 0 aliphatic rings. The highest BCUT2D eigenvalue weighted by molar-refractivity contribution is 6.02. The van der Waals surface area contributed by atoms with Crippen LogP contribution in [0, 0.1) is 17.0 Å². The lowest BCUT2D eigenvalue weighted by molar-refractivity contribution is -0.384. The fraction of sp³-hybridized carbons (Fsp3) is 0.0400. The molecule has 2 aromatic heterocycles. The minimum absolute atomic E-state index is 0.145. The fourth-order valence-corrected chi connectivity index (χ4v) is 3.63. The Labute approximate surface area is 197 Å². The Balaban J connectivity index is 1.42. The van der Waals surface area contributed by atoms with E-state index in [1.54, 1.807) is 37.3 Å². The maximum Gasteiger partial charge on any atom is 0.294 e. The first-order valence-electron chi connectivity index (χ1n) is 10.5. The van der Waals surface area contributed by atoms with Crippen LogP contribution in [0.2, 0.25) is 0 Å². The predicted octanol–water partition coefficient (Wildman–Crippen LogP) is 4.51. The zero-order valence-corrected chi connectivity index (χ0v) is 18.3. The molecule has 3 aromatic carbocycles. The number of aryl methyl sites for hydroxylation is 1. The molecular formula is C25H17N5O5. The predicted molar refractivity (Wildman–Crippen MR) is 129 cm³/mol. The standard InChI is InChI=1S/C25H17N5O5/c1-15-14-21(31)23(28-29(15)19-7-3-4-8-20(19)30(33)34)24(32)26-17-12-10-16(11-13-17)25-27-18-6-2-5-9-22(18)35-25/h2-14H,1H3,(H,26,32). The van der Waals surface area contributed by atoms with Gasteiger partial charge in [-0.15, -0.1) is 0 Å². The number of nitro groups is 1. The lowest BCUT2D eigenvalue weighted by Gasteiger charge is -2.11. The van der Waals surface area contributed by atoms with E-state index in [1.165, 1.54) is 28.9 Å². The van der Waals surface area contributed by atoms with Gasteiger partial charge in [-0.3, -0.25) is 19.7 Å². The first kappa shape index (κ1) is 21.7. The van der Waals surface area contributed by atoms with Crippen LogP contribution >= 0.6 is 0 Å². The molecule has 0 fully saturated rings. The normalized spacial score (nSPS) is 10.9. The molecule has 10 heteroatoms. The van der Waals surface area contributed by atoms with E-state index in [0.29, 0.717) is 28.4 Å². The average molecular weight is 467 g/mol. The van der Waals surface area contributed by atoms with Crippen molar-refractivity contribution in [3.8, 4) is 17.1 Å². The van der Waals surface area contributed by atoms with Gasteiger partial charge in [0.25, 0.3) is 11.6 Å². The van der Waals surface area contributed by atoms with Gasteiger partial charge in [0.2, 0.25) is 11.3 Å². The lowest BCUT2D eigenvalue weighted by atomic mass is 10.2. The molecule has 1 N–H and O–H groups in total. The number of nitrogens with one attached hydrogen (secondary N) is 1. The number of hydrogen-bond donors (Lipinski definition) is 1. The number of benzene rings is 3. The molecule has 0 bridgehead atoms. The second-order valence-corrected chi connectivity index (χ2v) is 7.67. The smallest absolute Gasteiger partial charge is 0.294 e. The molecule has 0 saturated carbocycles. The first-order valence-corrected chi connectivity index (χ1v) is 10.5. The molecule has 1 amide bonds. The summed E-state index contributed by atoms with van der Waals surface area (Å²) in [5.74, 6) is -0.298. The number of aromatic nitrogens is 3. The molecule has 0 unspecified atom stereocenters. The van der Waals surface area contributed by atoms with Crippen molar-refractivity contribution in [3.63, 3.8) is 0 Å². The summed E-state index contributed by atoms with van der Waals surface area (Å²) in [6.07, 6.45) is 0. The Kier molecular flexibility index (Phi) is 5.38. The number of oxazole rings is 1. The SMILES string of the molecule is Cc1cc(=O)c(C(=O)Nc2ccc(-c3nc4ccccc4o3)cc2)nn1-c1ccccc1[N+](=O)[O-]. The van der Waals surface area contributed by atoms with E-state index in [9.17, 15) is 19.7 Å². The molecule has 35 heavy (non-hydrogen) atoms. The highest BCUT2D eigenvalue weighted by Gasteiger charge is 2.20. The molecule has 5 rings (SSSR count). The van der Waals surface area contributed by atoms with Gasteiger partial charge in [0, 0.05) is 29.1 Å². The number of anilines is 1. The van der Waals surface area contributed by atoms with Crippen LogP contribution in [0.3, 0.4) is 0 Å². The van der Waals surface area contributed by atoms with Crippen LogP contribution in [0.5, 0.6) is 0 Å². The Morgan fingerprint density at radius 3 is 2.49 bits per heavy atom. The second kappa shape index (κ2) is 8.67. The molecule has 10 nitrogen and oxygen atoms in total. The molecule has 0 spiro atoms. The van der Waals surface area contributed by atoms with Gasteiger partial charge in [0.15, 0.2) is 11.3 Å². The topological polar surface area (TPSA) is 133 Å². The van der Waals surface area contributed by atoms with Crippen molar-refractivity contribution in [1.29, 1.82) is 0 Å². The largest absolute Gasteiger partial charge is 0.436 e. The Bertz CT molecular complexity index is 1620. The monoisotopic (exact) mass is 467 g/mol. The van der Waals surface area contributed by atoms with Crippen LogP contribution in [0.15, 0.2) is 88.1 Å². The van der Waals surface area contributed by atoms with Gasteiger partial charge in [-0.2, -0.15) is 5.10 Å². The highest BCUT2D eigenvalue weighted by Crippen LogP contribution is 2.25. The van der Waals surface area contributed by atoms with Gasteiger partial charge in [0.05, 0.1) is 4.92 Å². The van der Waals surface area contributed by atoms with Crippen molar-refractivity contribution in [2.45, 2.75) is 6.92 Å². The summed E-state index contributed by atoms with van der Waals surface area (Å²) in [6, 6.07) is 21.3. The van der Waals surface area contributed by atoms with Crippen molar-refractivity contribution in [3.05, 3.63) is 111 Å². The van der Waals surface area contributed by atoms with E-state index in [2.05, 4.69) is 15.4 Å². The molecule has 0 radical (unpaired) electrons. The minimum Gasteiger partial charge on any atom is -0.436 e. The number of nitro benzene ring substituents is 1. The lowest BCUT2D eigenvalue weighted by Crippen LogP contribution is -2.27. The fourth-order valence-electron chi connectivity index (χ4n) is 3.63. The number of carbonyl (C=O) groups is 1. The van der Waals surface area contributed by atoms with Crippen molar-refractivity contribution in [1.82, 2.24) is 14.8 Å². The Morgan fingerprint density at radius 2 is 1.74 bits per heavy atom. The summed E-state index contributed by atoms with van der Waals surface area (Å²) in [5.41, 5.74) is 1.85. The van der Waals surface area contributed by atoms with Crippen LogP contribution in [-0.4, -0.2) is 25.6 Å². The molecule has 0 aliphatic carbocycles. The number of rotatable bonds is 5. The summed E-state index contributed by atoms with van der Waals surface area (Å²) in [6.45, 7) is 1.58. The van der Waals surface area contributed by atoms with Crippen LogP contribution in [0.25, 0.3) is 28.2 Å². The number of carbonyl (C=O) groups excluding carboxylic acids is 1. The highest BCUT2D eigenvalue weighted by atomic mass is 16.6. The van der Waals surface area contributed by atoms with E-state index in [-0.39, 0.29) is 11.4 Å². The van der Waals surface area contributed by atoms with Gasteiger partial charge >= 0.3 is 0 Å². The third kappa shape index (κ3) is 4.15. The molecule has 2 heterocycles. The van der Waals surface area contributed by atoms with E-state index in [4.69, 9.17) is 4.42 Å². The second-order valence-electron chi connectivity index (χ2n) is 7.67. The first-order chi connectivity index (χ1) is 16.9. The average Bonchev–Trinajstić information content (AvgIpc) is 3.29. The summed E-state index contributed by atoms with van der Waals surface area (Å²) < 4.78 is 6.97. The minimum atomic E-state index is -0.739. The van der Waals surface area contributed by atoms with Gasteiger partial charge in [-0.25, -0.2) is 9.67 Å². The van der Waals surface area contributed by atoms with Crippen molar-refractivity contribution in [2.75, 3.05) is 5.32 Å². The molecule has 0 saturated heterocycles. The van der Waals surface area contributed by atoms with Crippen LogP contribution in [-0.2, 0) is 0 Å². The van der Waals surface area contributed by atoms with Crippen LogP contribution < -0.4 is 10.7 Å². The van der Waals surface area contributed by atoms with Crippen LogP contribution in [0.4, 0.5) is 11.4 Å². The quantitative estimate of drug-likeness (QED) is 0.297. The van der Waals surface area contributed by atoms with Crippen LogP contribution in [0.1, 0.15) is 16.2 Å². The summed E-state index contributed by atoms with van der Waals surface area (Å²) in [5, 5.41) is 18.2. The summed E-state index contributed by atoms with van der Waals surface area (Å²) in [4.78, 5) is 40.7. The van der Waals surface area contributed by atoms with Crippen molar-refractivity contribution < 1.29 is 14.1 Å². The molecule has 172 valence electrons. The molecule has 0 atom stereocenters. The molecule has 0 aliphatic heterocycles. The number of amides is 1. The number of hydrogen-bond acceptors (Lipinski definition) is 7. The maximum atomic E-state index is 12.9. The van der Waals surface area contributed by atoms with Gasteiger partial charge in [-0.05, 0) is 49.4 Å². The van der Waals surface area contributed by atoms with Gasteiger partial charge in [-0.1, -0.05) is 24.3 Å². The third-order valence-corrected chi connectivity index (χ3v) is 5.31. The Hall–Kier alpha value is -5.12. The van der Waals surface area contributed by atoms with E-state index < -0.39 is 22.0 Å². The van der Waals surface area contributed by atoms with E-state index in [0.717, 1.165) is 5.52 Å². The zero-order valence-electron chi connectivity index (χ0n) is 18.3. The molecule has 5 aromatic rings.